The van der Waals surface area contributed by atoms with Crippen LogP contribution in [0.4, 0.5) is 0 Å². The van der Waals surface area contributed by atoms with E-state index in [4.69, 9.17) is 0 Å². The molecule has 0 bridgehead atoms. The summed E-state index contributed by atoms with van der Waals surface area (Å²) in [5.41, 5.74) is 5.03. The second kappa shape index (κ2) is 6.34. The van der Waals surface area contributed by atoms with Crippen LogP contribution >= 0.6 is 0 Å². The number of benzene rings is 1. The van der Waals surface area contributed by atoms with Crippen LogP contribution in [-0.4, -0.2) is 21.3 Å². The summed E-state index contributed by atoms with van der Waals surface area (Å²) in [6, 6.07) is 14.0. The lowest BCUT2D eigenvalue weighted by Gasteiger charge is -2.16. The molecular weight excluding hydrogens is 286 g/mol. The lowest BCUT2D eigenvalue weighted by molar-refractivity contribution is 0.315. The number of fused-ring (bicyclic) bond motifs is 1. The molecule has 2 aromatic heterocycles. The molecule has 23 heavy (non-hydrogen) atoms. The molecular formula is C19H21N3O. The van der Waals surface area contributed by atoms with Gasteiger partial charge in [0.15, 0.2) is 0 Å². The minimum absolute atomic E-state index is 0.0302. The highest BCUT2D eigenvalue weighted by atomic mass is 16.1. The predicted octanol–water partition coefficient (Wildman–Crippen LogP) is 2.94. The Kier molecular flexibility index (Phi) is 4.26. The van der Waals surface area contributed by atoms with Crippen LogP contribution in [0.15, 0.2) is 53.5 Å². The molecule has 0 spiro atoms. The van der Waals surface area contributed by atoms with Crippen molar-refractivity contribution in [2.24, 2.45) is 0 Å². The van der Waals surface area contributed by atoms with Gasteiger partial charge in [-0.05, 0) is 38.1 Å². The Labute approximate surface area is 136 Å². The van der Waals surface area contributed by atoms with Crippen molar-refractivity contribution in [2.75, 3.05) is 7.05 Å². The fourth-order valence-electron chi connectivity index (χ4n) is 2.68. The second-order valence-electron chi connectivity index (χ2n) is 6.18. The number of pyridine rings is 1. The first-order chi connectivity index (χ1) is 11.0. The quantitative estimate of drug-likeness (QED) is 0.744. The molecule has 0 amide bonds. The molecule has 0 unspecified atom stereocenters. The van der Waals surface area contributed by atoms with Gasteiger partial charge in [0.05, 0.1) is 5.69 Å². The summed E-state index contributed by atoms with van der Waals surface area (Å²) in [5.74, 6) is 0. The minimum atomic E-state index is -0.0302. The van der Waals surface area contributed by atoms with Crippen molar-refractivity contribution in [2.45, 2.75) is 26.9 Å². The van der Waals surface area contributed by atoms with Gasteiger partial charge >= 0.3 is 0 Å². The lowest BCUT2D eigenvalue weighted by Crippen LogP contribution is -2.22. The van der Waals surface area contributed by atoms with Crippen molar-refractivity contribution < 1.29 is 0 Å². The summed E-state index contributed by atoms with van der Waals surface area (Å²) in [6.45, 7) is 5.53. The normalized spacial score (nSPS) is 11.3. The second-order valence-corrected chi connectivity index (χ2v) is 6.18. The summed E-state index contributed by atoms with van der Waals surface area (Å²) in [7, 11) is 2.04. The van der Waals surface area contributed by atoms with Crippen LogP contribution in [0.5, 0.6) is 0 Å². The van der Waals surface area contributed by atoms with Crippen molar-refractivity contribution in [3.8, 4) is 0 Å². The molecule has 4 heteroatoms. The summed E-state index contributed by atoms with van der Waals surface area (Å²) in [4.78, 5) is 19.0. The Hall–Kier alpha value is -2.46. The molecule has 0 aliphatic rings. The zero-order valence-electron chi connectivity index (χ0n) is 13.8. The zero-order chi connectivity index (χ0) is 16.4. The third-order valence-electron chi connectivity index (χ3n) is 3.87. The number of hydrogen-bond donors (Lipinski definition) is 0. The Balaban J connectivity index is 1.79. The van der Waals surface area contributed by atoms with Gasteiger partial charge in [-0.3, -0.25) is 14.1 Å². The molecule has 0 fully saturated rings. The average Bonchev–Trinajstić information content (AvgIpc) is 2.50. The molecule has 0 saturated heterocycles. The van der Waals surface area contributed by atoms with E-state index in [-0.39, 0.29) is 5.56 Å². The van der Waals surface area contributed by atoms with Gasteiger partial charge in [0.2, 0.25) is 0 Å². The average molecular weight is 307 g/mol. The maximum Gasteiger partial charge on any atom is 0.258 e. The molecule has 4 nitrogen and oxygen atoms in total. The number of nitrogens with zero attached hydrogens (tertiary/aromatic N) is 3. The van der Waals surface area contributed by atoms with Crippen LogP contribution < -0.4 is 5.56 Å². The van der Waals surface area contributed by atoms with Crippen LogP contribution in [0.3, 0.4) is 0 Å². The molecule has 2 heterocycles. The number of rotatable bonds is 4. The van der Waals surface area contributed by atoms with E-state index in [2.05, 4.69) is 41.1 Å². The van der Waals surface area contributed by atoms with Crippen LogP contribution in [0.1, 0.15) is 22.4 Å². The summed E-state index contributed by atoms with van der Waals surface area (Å²) < 4.78 is 1.60. The Morgan fingerprint density at radius 2 is 1.70 bits per heavy atom. The van der Waals surface area contributed by atoms with Crippen molar-refractivity contribution in [3.63, 3.8) is 0 Å². The standard InChI is InChI=1S/C19H21N3O/c1-14-4-7-16(8-5-14)12-21(3)13-17-10-19(23)22-11-15(2)6-9-18(22)20-17/h4-11H,12-13H2,1-3H3. The van der Waals surface area contributed by atoms with Gasteiger partial charge < -0.3 is 0 Å². The van der Waals surface area contributed by atoms with E-state index < -0.39 is 0 Å². The van der Waals surface area contributed by atoms with Crippen LogP contribution in [0, 0.1) is 13.8 Å². The Bertz CT molecular complexity index is 881. The van der Waals surface area contributed by atoms with Gasteiger partial charge in [-0.2, -0.15) is 0 Å². The van der Waals surface area contributed by atoms with E-state index >= 15 is 0 Å². The largest absolute Gasteiger partial charge is 0.296 e. The lowest BCUT2D eigenvalue weighted by atomic mass is 10.1. The molecule has 0 saturated carbocycles. The molecule has 0 aliphatic carbocycles. The van der Waals surface area contributed by atoms with E-state index in [1.807, 2.05) is 32.3 Å². The molecule has 3 rings (SSSR count). The molecule has 0 radical (unpaired) electrons. The van der Waals surface area contributed by atoms with Crippen LogP contribution in [0.2, 0.25) is 0 Å². The maximum absolute atomic E-state index is 12.2. The third kappa shape index (κ3) is 3.66. The number of hydrogen-bond acceptors (Lipinski definition) is 3. The van der Waals surface area contributed by atoms with Crippen molar-refractivity contribution in [1.82, 2.24) is 14.3 Å². The third-order valence-corrected chi connectivity index (χ3v) is 3.87. The van der Waals surface area contributed by atoms with E-state index in [1.54, 1.807) is 10.5 Å². The Morgan fingerprint density at radius 3 is 2.43 bits per heavy atom. The number of aryl methyl sites for hydroxylation is 2. The van der Waals surface area contributed by atoms with Crippen molar-refractivity contribution in [3.05, 3.63) is 81.4 Å². The molecule has 0 N–H and O–H groups in total. The van der Waals surface area contributed by atoms with E-state index in [9.17, 15) is 4.79 Å². The predicted molar refractivity (Wildman–Crippen MR) is 92.5 cm³/mol. The number of aromatic nitrogens is 2. The monoisotopic (exact) mass is 307 g/mol. The van der Waals surface area contributed by atoms with Crippen molar-refractivity contribution in [1.29, 1.82) is 0 Å². The van der Waals surface area contributed by atoms with E-state index in [0.717, 1.165) is 17.8 Å². The highest BCUT2D eigenvalue weighted by molar-refractivity contribution is 5.39. The van der Waals surface area contributed by atoms with Crippen LogP contribution in [0.25, 0.3) is 5.65 Å². The van der Waals surface area contributed by atoms with Gasteiger partial charge in [-0.1, -0.05) is 35.9 Å². The maximum atomic E-state index is 12.2. The highest BCUT2D eigenvalue weighted by Gasteiger charge is 2.06. The van der Waals surface area contributed by atoms with Gasteiger partial charge in [0.25, 0.3) is 5.56 Å². The van der Waals surface area contributed by atoms with Gasteiger partial charge in [-0.25, -0.2) is 4.98 Å². The first-order valence-electron chi connectivity index (χ1n) is 7.74. The highest BCUT2D eigenvalue weighted by Crippen LogP contribution is 2.09. The van der Waals surface area contributed by atoms with Gasteiger partial charge in [-0.15, -0.1) is 0 Å². The first kappa shape index (κ1) is 15.4. The fraction of sp³-hybridized carbons (Fsp3) is 0.263. The Morgan fingerprint density at radius 1 is 1.00 bits per heavy atom. The zero-order valence-corrected chi connectivity index (χ0v) is 13.8. The van der Waals surface area contributed by atoms with E-state index in [0.29, 0.717) is 12.2 Å². The summed E-state index contributed by atoms with van der Waals surface area (Å²) in [5, 5.41) is 0. The summed E-state index contributed by atoms with van der Waals surface area (Å²) >= 11 is 0. The van der Waals surface area contributed by atoms with Gasteiger partial charge in [0, 0.05) is 25.4 Å². The van der Waals surface area contributed by atoms with E-state index in [1.165, 1.54) is 11.1 Å². The molecule has 0 aliphatic heterocycles. The van der Waals surface area contributed by atoms with Crippen molar-refractivity contribution >= 4 is 5.65 Å². The summed E-state index contributed by atoms with van der Waals surface area (Å²) in [6.07, 6.45) is 1.82. The van der Waals surface area contributed by atoms with Gasteiger partial charge in [0.1, 0.15) is 5.65 Å². The minimum Gasteiger partial charge on any atom is -0.296 e. The fourth-order valence-corrected chi connectivity index (χ4v) is 2.68. The smallest absolute Gasteiger partial charge is 0.258 e. The first-order valence-corrected chi connectivity index (χ1v) is 7.74. The molecule has 0 atom stereocenters. The molecule has 1 aromatic carbocycles. The van der Waals surface area contributed by atoms with Crippen LogP contribution in [-0.2, 0) is 13.1 Å². The topological polar surface area (TPSA) is 37.6 Å². The SMILES string of the molecule is Cc1ccc(CN(C)Cc2cc(=O)n3cc(C)ccc3n2)cc1. The molecule has 3 aromatic rings. The molecule has 118 valence electrons.